The number of nitriles is 1. The highest BCUT2D eigenvalue weighted by Crippen LogP contribution is 2.39. The highest BCUT2D eigenvalue weighted by Gasteiger charge is 2.40. The lowest BCUT2D eigenvalue weighted by Gasteiger charge is -2.25. The Morgan fingerprint density at radius 2 is 2.16 bits per heavy atom. The van der Waals surface area contributed by atoms with E-state index in [9.17, 15) is 10.1 Å². The molecule has 5 rings (SSSR count). The van der Waals surface area contributed by atoms with E-state index in [2.05, 4.69) is 31.4 Å². The molecule has 0 aliphatic carbocycles. The van der Waals surface area contributed by atoms with Crippen LogP contribution in [-0.4, -0.2) is 51.8 Å². The van der Waals surface area contributed by atoms with Crippen molar-refractivity contribution >= 4 is 17.4 Å². The highest BCUT2D eigenvalue weighted by atomic mass is 16.1. The van der Waals surface area contributed by atoms with Gasteiger partial charge in [0.1, 0.15) is 6.07 Å². The molecule has 1 unspecified atom stereocenters. The Bertz CT molecular complexity index is 1240. The van der Waals surface area contributed by atoms with Crippen LogP contribution in [0.5, 0.6) is 0 Å². The van der Waals surface area contributed by atoms with Crippen molar-refractivity contribution in [3.8, 4) is 23.1 Å². The number of primary amides is 1. The van der Waals surface area contributed by atoms with E-state index >= 15 is 0 Å². The molecule has 3 aromatic rings. The zero-order chi connectivity index (χ0) is 22.3. The molecule has 2 saturated heterocycles. The Balaban J connectivity index is 1.46. The highest BCUT2D eigenvalue weighted by molar-refractivity contribution is 5.92. The molecule has 2 aliphatic heterocycles. The van der Waals surface area contributed by atoms with E-state index in [0.717, 1.165) is 43.9 Å². The third kappa shape index (κ3) is 3.42. The summed E-state index contributed by atoms with van der Waals surface area (Å²) < 4.78 is 1.37. The lowest BCUT2D eigenvalue weighted by molar-refractivity contribution is 0.100. The fourth-order valence-electron chi connectivity index (χ4n) is 4.61. The zero-order valence-electron chi connectivity index (χ0n) is 17.5. The second-order valence-corrected chi connectivity index (χ2v) is 8.44. The quantitative estimate of drug-likeness (QED) is 0.557. The fourth-order valence-corrected chi connectivity index (χ4v) is 4.61. The van der Waals surface area contributed by atoms with Crippen LogP contribution < -0.4 is 21.7 Å². The first-order chi connectivity index (χ1) is 15.5. The Hall–Kier alpha value is -3.97. The minimum absolute atomic E-state index is 0.164. The molecule has 0 radical (unpaired) electrons. The zero-order valence-corrected chi connectivity index (χ0v) is 17.5. The van der Waals surface area contributed by atoms with Crippen molar-refractivity contribution in [2.24, 2.45) is 11.1 Å². The number of nitrogens with zero attached hydrogens (tertiary/aromatic N) is 6. The number of nitrogens with two attached hydrogens (primary N) is 2. The van der Waals surface area contributed by atoms with Gasteiger partial charge in [0.25, 0.3) is 5.91 Å². The predicted octanol–water partition coefficient (Wildman–Crippen LogP) is 1.07. The Morgan fingerprint density at radius 1 is 1.28 bits per heavy atom. The van der Waals surface area contributed by atoms with E-state index in [1.807, 2.05) is 18.2 Å². The normalized spacial score (nSPS) is 20.0. The second-order valence-electron chi connectivity index (χ2n) is 8.44. The van der Waals surface area contributed by atoms with Gasteiger partial charge in [0.05, 0.1) is 34.9 Å². The van der Waals surface area contributed by atoms with Crippen molar-refractivity contribution in [1.29, 1.82) is 5.26 Å². The molecule has 162 valence electrons. The first-order valence-electron chi connectivity index (χ1n) is 10.5. The SMILES string of the molecule is N#Cc1cc(-c2cnc(N)c(-n3cc(C(N)=O)cn3)n2)ccc1N1CCC2(CCNC2)C1. The van der Waals surface area contributed by atoms with Gasteiger partial charge < -0.3 is 21.7 Å². The lowest BCUT2D eigenvalue weighted by atomic mass is 9.86. The molecule has 2 aromatic heterocycles. The summed E-state index contributed by atoms with van der Waals surface area (Å²) in [6, 6.07) is 8.08. The van der Waals surface area contributed by atoms with Crippen molar-refractivity contribution in [2.45, 2.75) is 12.8 Å². The maximum absolute atomic E-state index is 11.4. The van der Waals surface area contributed by atoms with E-state index < -0.39 is 5.91 Å². The number of anilines is 2. The van der Waals surface area contributed by atoms with E-state index in [0.29, 0.717) is 16.7 Å². The van der Waals surface area contributed by atoms with Gasteiger partial charge in [-0.2, -0.15) is 10.4 Å². The van der Waals surface area contributed by atoms with Gasteiger partial charge in [-0.15, -0.1) is 0 Å². The van der Waals surface area contributed by atoms with Gasteiger partial charge in [0.2, 0.25) is 0 Å². The maximum atomic E-state index is 11.4. The molecule has 10 nitrogen and oxygen atoms in total. The maximum Gasteiger partial charge on any atom is 0.251 e. The first kappa shape index (κ1) is 20.0. The van der Waals surface area contributed by atoms with Gasteiger partial charge in [0.15, 0.2) is 11.6 Å². The van der Waals surface area contributed by atoms with Gasteiger partial charge in [-0.1, -0.05) is 6.07 Å². The van der Waals surface area contributed by atoms with E-state index in [1.165, 1.54) is 23.5 Å². The summed E-state index contributed by atoms with van der Waals surface area (Å²) in [5.41, 5.74) is 14.7. The summed E-state index contributed by atoms with van der Waals surface area (Å²) in [7, 11) is 0. The molecule has 1 amide bonds. The first-order valence-corrected chi connectivity index (χ1v) is 10.5. The van der Waals surface area contributed by atoms with Gasteiger partial charge in [-0.25, -0.2) is 14.6 Å². The minimum atomic E-state index is -0.592. The number of amides is 1. The van der Waals surface area contributed by atoms with Crippen LogP contribution in [0.1, 0.15) is 28.8 Å². The Morgan fingerprint density at radius 3 is 2.88 bits per heavy atom. The van der Waals surface area contributed by atoms with Crippen LogP contribution in [0, 0.1) is 16.7 Å². The Kier molecular flexibility index (Phi) is 4.75. The number of hydrogen-bond acceptors (Lipinski definition) is 8. The molecular formula is C22H23N9O. The van der Waals surface area contributed by atoms with Crippen LogP contribution in [0.3, 0.4) is 0 Å². The van der Waals surface area contributed by atoms with Crippen molar-refractivity contribution in [3.63, 3.8) is 0 Å². The van der Waals surface area contributed by atoms with Crippen molar-refractivity contribution in [2.75, 3.05) is 36.8 Å². The molecular weight excluding hydrogens is 406 g/mol. The van der Waals surface area contributed by atoms with Crippen LogP contribution in [0.15, 0.2) is 36.8 Å². The topological polar surface area (TPSA) is 152 Å². The molecule has 10 heteroatoms. The molecule has 4 heterocycles. The molecule has 5 N–H and O–H groups in total. The monoisotopic (exact) mass is 429 g/mol. The molecule has 2 fully saturated rings. The third-order valence-electron chi connectivity index (χ3n) is 6.39. The summed E-state index contributed by atoms with van der Waals surface area (Å²) >= 11 is 0. The van der Waals surface area contributed by atoms with Gasteiger partial charge in [-0.3, -0.25) is 4.79 Å². The average Bonchev–Trinajstić information content (AvgIpc) is 3.56. The van der Waals surface area contributed by atoms with Gasteiger partial charge in [0, 0.05) is 36.8 Å². The summed E-state index contributed by atoms with van der Waals surface area (Å²) in [6.45, 7) is 4.01. The van der Waals surface area contributed by atoms with E-state index in [4.69, 9.17) is 11.5 Å². The van der Waals surface area contributed by atoms with Crippen molar-refractivity contribution < 1.29 is 4.79 Å². The number of benzene rings is 1. The average molecular weight is 429 g/mol. The van der Waals surface area contributed by atoms with Gasteiger partial charge >= 0.3 is 0 Å². The minimum Gasteiger partial charge on any atom is -0.381 e. The van der Waals surface area contributed by atoms with Crippen molar-refractivity contribution in [3.05, 3.63) is 47.9 Å². The number of carbonyl (C=O) groups excluding carboxylic acids is 1. The summed E-state index contributed by atoms with van der Waals surface area (Å²) in [6.07, 6.45) is 6.68. The van der Waals surface area contributed by atoms with E-state index in [-0.39, 0.29) is 17.2 Å². The van der Waals surface area contributed by atoms with Crippen LogP contribution in [-0.2, 0) is 0 Å². The molecule has 0 bridgehead atoms. The number of carbonyl (C=O) groups is 1. The molecule has 1 spiro atoms. The fraction of sp³-hybridized carbons (Fsp3) is 0.318. The van der Waals surface area contributed by atoms with Crippen LogP contribution in [0.2, 0.25) is 0 Å². The number of aromatic nitrogens is 4. The number of rotatable bonds is 4. The Labute approximate surface area is 184 Å². The predicted molar refractivity (Wildman–Crippen MR) is 119 cm³/mol. The standard InChI is InChI=1S/C22H23N9O/c23-8-15-7-14(1-2-18(15)30-6-4-22(13-30)3-5-26-12-22)17-10-27-19(24)21(29-17)31-11-16(9-28-31)20(25)32/h1-2,7,9-11,26H,3-6,12-13H2,(H2,24,27)(H2,25,32). The molecule has 0 saturated carbocycles. The smallest absolute Gasteiger partial charge is 0.251 e. The molecule has 1 atom stereocenters. The van der Waals surface area contributed by atoms with Gasteiger partial charge in [-0.05, 0) is 31.5 Å². The summed E-state index contributed by atoms with van der Waals surface area (Å²) in [5.74, 6) is -0.143. The van der Waals surface area contributed by atoms with Crippen LogP contribution in [0.4, 0.5) is 11.5 Å². The molecule has 32 heavy (non-hydrogen) atoms. The second kappa shape index (κ2) is 7.62. The summed E-state index contributed by atoms with van der Waals surface area (Å²) in [4.78, 5) is 22.5. The lowest BCUT2D eigenvalue weighted by Crippen LogP contribution is -2.29. The summed E-state index contributed by atoms with van der Waals surface area (Å²) in [5, 5.41) is 17.4. The molecule has 1 aromatic carbocycles. The van der Waals surface area contributed by atoms with Crippen LogP contribution in [0.25, 0.3) is 17.1 Å². The third-order valence-corrected chi connectivity index (χ3v) is 6.39. The van der Waals surface area contributed by atoms with Crippen LogP contribution >= 0.6 is 0 Å². The number of nitrogens with one attached hydrogen (secondary N) is 1. The molecule has 2 aliphatic rings. The van der Waals surface area contributed by atoms with E-state index in [1.54, 1.807) is 6.20 Å². The number of nitrogen functional groups attached to an aromatic ring is 1. The number of hydrogen-bond donors (Lipinski definition) is 3. The van der Waals surface area contributed by atoms with Crippen molar-refractivity contribution in [1.82, 2.24) is 25.1 Å². The largest absolute Gasteiger partial charge is 0.381 e.